The van der Waals surface area contributed by atoms with Crippen molar-refractivity contribution in [3.8, 4) is 22.8 Å². The van der Waals surface area contributed by atoms with Crippen molar-refractivity contribution in [1.29, 1.82) is 0 Å². The highest BCUT2D eigenvalue weighted by molar-refractivity contribution is 5.64. The second kappa shape index (κ2) is 9.97. The van der Waals surface area contributed by atoms with Gasteiger partial charge >= 0.3 is 0 Å². The first-order valence-corrected chi connectivity index (χ1v) is 11.8. The number of H-pyrrole nitrogens is 1. The van der Waals surface area contributed by atoms with Gasteiger partial charge in [-0.25, -0.2) is 15.0 Å². The van der Waals surface area contributed by atoms with Gasteiger partial charge in [-0.15, -0.1) is 0 Å². The number of aromatic amines is 1. The van der Waals surface area contributed by atoms with E-state index in [1.165, 1.54) is 6.07 Å². The highest BCUT2D eigenvalue weighted by atomic mass is 16.5. The van der Waals surface area contributed by atoms with E-state index in [9.17, 15) is 4.79 Å². The summed E-state index contributed by atoms with van der Waals surface area (Å²) >= 11 is 0. The fourth-order valence-electron chi connectivity index (χ4n) is 4.09. The Morgan fingerprint density at radius 1 is 1.00 bits per heavy atom. The van der Waals surface area contributed by atoms with Crippen molar-refractivity contribution in [3.05, 3.63) is 82.9 Å². The number of nitrogens with one attached hydrogen (secondary N) is 2. The van der Waals surface area contributed by atoms with Gasteiger partial charge in [-0.2, -0.15) is 0 Å². The topological polar surface area (TPSA) is 96.0 Å². The summed E-state index contributed by atoms with van der Waals surface area (Å²) in [7, 11) is 0. The van der Waals surface area contributed by atoms with Gasteiger partial charge in [-0.1, -0.05) is 25.1 Å². The quantitative estimate of drug-likeness (QED) is 0.396. The van der Waals surface area contributed by atoms with Crippen LogP contribution in [-0.2, 0) is 0 Å². The Kier molecular flexibility index (Phi) is 6.43. The normalized spacial score (nSPS) is 14.1. The highest BCUT2D eigenvalue weighted by Gasteiger charge is 2.19. The number of aromatic nitrogens is 4. The lowest BCUT2D eigenvalue weighted by atomic mass is 10.00. The standard InChI is InChI=1S/C27H28N6O2/c1-18-12-14-33(15-13-18)27-28-17-23(19(2)29-27)24-16-25(34)32-26(31-24)30-20-8-10-22(11-9-20)35-21-6-4-3-5-7-21/h3-11,16-18H,12-15H2,1-2H3,(H2,30,31,32,34). The fourth-order valence-corrected chi connectivity index (χ4v) is 4.09. The summed E-state index contributed by atoms with van der Waals surface area (Å²) in [5, 5.41) is 3.16. The molecule has 5 rings (SSSR count). The number of piperidine rings is 1. The molecule has 1 aliphatic rings. The van der Waals surface area contributed by atoms with Crippen molar-refractivity contribution < 1.29 is 4.74 Å². The van der Waals surface area contributed by atoms with Crippen LogP contribution in [0.2, 0.25) is 0 Å². The van der Waals surface area contributed by atoms with Crippen LogP contribution in [0.1, 0.15) is 25.5 Å². The molecular weight excluding hydrogens is 440 g/mol. The molecule has 0 unspecified atom stereocenters. The van der Waals surface area contributed by atoms with Crippen LogP contribution in [0.3, 0.4) is 0 Å². The Morgan fingerprint density at radius 3 is 2.43 bits per heavy atom. The Morgan fingerprint density at radius 2 is 1.71 bits per heavy atom. The van der Waals surface area contributed by atoms with E-state index in [0.29, 0.717) is 17.4 Å². The maximum Gasteiger partial charge on any atom is 0.252 e. The Hall–Kier alpha value is -4.20. The van der Waals surface area contributed by atoms with E-state index in [1.54, 1.807) is 6.20 Å². The van der Waals surface area contributed by atoms with Gasteiger partial charge < -0.3 is 15.0 Å². The number of nitrogens with zero attached hydrogens (tertiary/aromatic N) is 4. The van der Waals surface area contributed by atoms with E-state index < -0.39 is 0 Å². The predicted octanol–water partition coefficient (Wildman–Crippen LogP) is 5.31. The van der Waals surface area contributed by atoms with Gasteiger partial charge in [0.05, 0.1) is 11.4 Å². The molecule has 8 nitrogen and oxygen atoms in total. The third-order valence-electron chi connectivity index (χ3n) is 6.15. The molecule has 0 atom stereocenters. The monoisotopic (exact) mass is 468 g/mol. The molecule has 0 spiro atoms. The SMILES string of the molecule is Cc1nc(N2CCC(C)CC2)ncc1-c1cc(=O)[nH]c(Nc2ccc(Oc3ccccc3)cc2)n1. The average Bonchev–Trinajstić information content (AvgIpc) is 2.86. The van der Waals surface area contributed by atoms with Gasteiger partial charge in [-0.05, 0) is 62.1 Å². The van der Waals surface area contributed by atoms with Gasteiger partial charge in [0, 0.05) is 36.6 Å². The average molecular weight is 469 g/mol. The molecule has 3 heterocycles. The van der Waals surface area contributed by atoms with Crippen LogP contribution >= 0.6 is 0 Å². The van der Waals surface area contributed by atoms with Crippen LogP contribution in [0, 0.1) is 12.8 Å². The Bertz CT molecular complexity index is 1350. The lowest BCUT2D eigenvalue weighted by molar-refractivity contribution is 0.434. The zero-order valence-corrected chi connectivity index (χ0v) is 19.9. The summed E-state index contributed by atoms with van der Waals surface area (Å²) < 4.78 is 5.83. The molecule has 0 radical (unpaired) electrons. The van der Waals surface area contributed by atoms with Gasteiger partial charge in [0.15, 0.2) is 0 Å². The summed E-state index contributed by atoms with van der Waals surface area (Å²) in [6.07, 6.45) is 4.05. The minimum absolute atomic E-state index is 0.255. The number of rotatable bonds is 6. The molecule has 2 aromatic carbocycles. The number of anilines is 3. The molecule has 0 amide bonds. The van der Waals surface area contributed by atoms with E-state index in [0.717, 1.165) is 60.5 Å². The van der Waals surface area contributed by atoms with Crippen molar-refractivity contribution in [1.82, 2.24) is 19.9 Å². The van der Waals surface area contributed by atoms with Crippen LogP contribution in [0.25, 0.3) is 11.3 Å². The van der Waals surface area contributed by atoms with Crippen molar-refractivity contribution in [2.45, 2.75) is 26.7 Å². The molecule has 2 N–H and O–H groups in total. The Balaban J connectivity index is 1.32. The lowest BCUT2D eigenvalue weighted by Crippen LogP contribution is -2.34. The first-order valence-electron chi connectivity index (χ1n) is 11.8. The molecule has 0 bridgehead atoms. The minimum Gasteiger partial charge on any atom is -0.457 e. The number of hydrogen-bond donors (Lipinski definition) is 2. The summed E-state index contributed by atoms with van der Waals surface area (Å²) in [5.41, 5.74) is 2.57. The highest BCUT2D eigenvalue weighted by Crippen LogP contribution is 2.26. The first kappa shape index (κ1) is 22.6. The minimum atomic E-state index is -0.255. The van der Waals surface area contributed by atoms with Crippen LogP contribution in [0.4, 0.5) is 17.6 Å². The molecule has 1 fully saturated rings. The van der Waals surface area contributed by atoms with Crippen LogP contribution in [0.5, 0.6) is 11.5 Å². The van der Waals surface area contributed by atoms with Crippen molar-refractivity contribution in [2.24, 2.45) is 5.92 Å². The smallest absolute Gasteiger partial charge is 0.252 e. The summed E-state index contributed by atoms with van der Waals surface area (Å²) in [6, 6.07) is 18.5. The van der Waals surface area contributed by atoms with Crippen molar-refractivity contribution in [2.75, 3.05) is 23.3 Å². The molecular formula is C27H28N6O2. The molecule has 2 aromatic heterocycles. The third kappa shape index (κ3) is 5.48. The number of aryl methyl sites for hydroxylation is 1. The molecule has 1 aliphatic heterocycles. The second-order valence-corrected chi connectivity index (χ2v) is 8.88. The molecule has 8 heteroatoms. The van der Waals surface area contributed by atoms with Crippen LogP contribution in [0.15, 0.2) is 71.7 Å². The summed E-state index contributed by atoms with van der Waals surface area (Å²) in [6.45, 7) is 6.14. The predicted molar refractivity (Wildman–Crippen MR) is 137 cm³/mol. The van der Waals surface area contributed by atoms with E-state index in [-0.39, 0.29) is 5.56 Å². The number of ether oxygens (including phenoxy) is 1. The van der Waals surface area contributed by atoms with E-state index in [1.807, 2.05) is 61.5 Å². The molecule has 1 saturated heterocycles. The molecule has 0 saturated carbocycles. The van der Waals surface area contributed by atoms with E-state index in [4.69, 9.17) is 9.72 Å². The van der Waals surface area contributed by atoms with Gasteiger partial charge in [0.2, 0.25) is 11.9 Å². The first-order chi connectivity index (χ1) is 17.0. The van der Waals surface area contributed by atoms with Gasteiger partial charge in [-0.3, -0.25) is 9.78 Å². The molecule has 178 valence electrons. The maximum atomic E-state index is 12.4. The van der Waals surface area contributed by atoms with Gasteiger partial charge in [0.25, 0.3) is 5.56 Å². The molecule has 0 aliphatic carbocycles. The van der Waals surface area contributed by atoms with Crippen molar-refractivity contribution >= 4 is 17.6 Å². The third-order valence-corrected chi connectivity index (χ3v) is 6.15. The summed E-state index contributed by atoms with van der Waals surface area (Å²) in [5.74, 6) is 3.31. The van der Waals surface area contributed by atoms with Gasteiger partial charge in [0.1, 0.15) is 11.5 Å². The maximum absolute atomic E-state index is 12.4. The molecule has 35 heavy (non-hydrogen) atoms. The van der Waals surface area contributed by atoms with Crippen LogP contribution < -0.4 is 20.5 Å². The Labute approximate surface area is 204 Å². The number of hydrogen-bond acceptors (Lipinski definition) is 7. The lowest BCUT2D eigenvalue weighted by Gasteiger charge is -2.30. The zero-order valence-electron chi connectivity index (χ0n) is 19.9. The van der Waals surface area contributed by atoms with Crippen LogP contribution in [-0.4, -0.2) is 33.0 Å². The van der Waals surface area contributed by atoms with E-state index in [2.05, 4.69) is 32.1 Å². The summed E-state index contributed by atoms with van der Waals surface area (Å²) in [4.78, 5) is 31.3. The van der Waals surface area contributed by atoms with E-state index >= 15 is 0 Å². The largest absolute Gasteiger partial charge is 0.457 e. The zero-order chi connectivity index (χ0) is 24.2. The second-order valence-electron chi connectivity index (χ2n) is 8.88. The molecule has 4 aromatic rings. The number of para-hydroxylation sites is 1. The van der Waals surface area contributed by atoms with Crippen molar-refractivity contribution in [3.63, 3.8) is 0 Å². The number of benzene rings is 2. The fraction of sp³-hybridized carbons (Fsp3) is 0.259.